The maximum Gasteiger partial charge on any atom is 0.261 e. The quantitative estimate of drug-likeness (QED) is 0.880. The van der Waals surface area contributed by atoms with E-state index in [9.17, 15) is 12.8 Å². The van der Waals surface area contributed by atoms with Gasteiger partial charge in [0.05, 0.1) is 10.6 Å². The van der Waals surface area contributed by atoms with Crippen LogP contribution in [0.5, 0.6) is 0 Å². The van der Waals surface area contributed by atoms with Gasteiger partial charge in [-0.3, -0.25) is 4.72 Å². The minimum atomic E-state index is -3.75. The number of benzene rings is 2. The first-order valence-electron chi connectivity index (χ1n) is 5.68. The van der Waals surface area contributed by atoms with Crippen molar-refractivity contribution in [3.05, 3.63) is 52.8 Å². The van der Waals surface area contributed by atoms with E-state index in [1.807, 2.05) is 0 Å². The van der Waals surface area contributed by atoms with E-state index in [-0.39, 0.29) is 10.6 Å². The minimum Gasteiger partial charge on any atom is -0.388 e. The second kappa shape index (κ2) is 5.80. The zero-order valence-electron chi connectivity index (χ0n) is 10.5. The molecule has 2 aromatic rings. The molecule has 0 aliphatic heterocycles. The number of rotatable bonds is 4. The van der Waals surface area contributed by atoms with Crippen molar-refractivity contribution < 1.29 is 12.8 Å². The average molecular weight is 359 g/mol. The zero-order chi connectivity index (χ0) is 14.8. The summed E-state index contributed by atoms with van der Waals surface area (Å²) in [7, 11) is -2.01. The summed E-state index contributed by atoms with van der Waals surface area (Å²) in [6, 6.07) is 10.0. The third kappa shape index (κ3) is 3.29. The Hall–Kier alpha value is -1.60. The number of anilines is 2. The third-order valence-electron chi connectivity index (χ3n) is 2.63. The standard InChI is InChI=1S/C13H12BrFN2O2S/c1-16-10-3-5-11(6-4-10)20(18,19)17-13-8-9(15)2-7-12(13)14/h2-8,16-17H,1H3. The van der Waals surface area contributed by atoms with Crippen LogP contribution in [0.15, 0.2) is 51.8 Å². The molecule has 20 heavy (non-hydrogen) atoms. The van der Waals surface area contributed by atoms with Crippen molar-refractivity contribution in [2.45, 2.75) is 4.90 Å². The van der Waals surface area contributed by atoms with E-state index < -0.39 is 15.8 Å². The highest BCUT2D eigenvalue weighted by Gasteiger charge is 2.15. The summed E-state index contributed by atoms with van der Waals surface area (Å²) >= 11 is 3.17. The molecule has 106 valence electrons. The van der Waals surface area contributed by atoms with Gasteiger partial charge in [-0.15, -0.1) is 0 Å². The van der Waals surface area contributed by atoms with E-state index in [0.717, 1.165) is 11.8 Å². The number of sulfonamides is 1. The molecular weight excluding hydrogens is 347 g/mol. The van der Waals surface area contributed by atoms with Gasteiger partial charge >= 0.3 is 0 Å². The van der Waals surface area contributed by atoms with E-state index in [0.29, 0.717) is 4.47 Å². The van der Waals surface area contributed by atoms with E-state index in [1.165, 1.54) is 24.3 Å². The van der Waals surface area contributed by atoms with Crippen LogP contribution in [-0.2, 0) is 10.0 Å². The SMILES string of the molecule is CNc1ccc(S(=O)(=O)Nc2cc(F)ccc2Br)cc1. The Labute approximate surface area is 125 Å². The monoisotopic (exact) mass is 358 g/mol. The van der Waals surface area contributed by atoms with Crippen molar-refractivity contribution in [2.24, 2.45) is 0 Å². The van der Waals surface area contributed by atoms with Crippen LogP contribution >= 0.6 is 15.9 Å². The first kappa shape index (κ1) is 14.8. The Kier molecular flexibility index (Phi) is 4.29. The van der Waals surface area contributed by atoms with Gasteiger partial charge in [-0.05, 0) is 58.4 Å². The highest BCUT2D eigenvalue weighted by Crippen LogP contribution is 2.26. The van der Waals surface area contributed by atoms with Crippen LogP contribution in [0.1, 0.15) is 0 Å². The summed E-state index contributed by atoms with van der Waals surface area (Å²) in [4.78, 5) is 0.104. The van der Waals surface area contributed by atoms with E-state index in [4.69, 9.17) is 0 Å². The van der Waals surface area contributed by atoms with Crippen molar-refractivity contribution in [2.75, 3.05) is 17.1 Å². The first-order valence-corrected chi connectivity index (χ1v) is 7.96. The molecule has 2 rings (SSSR count). The molecule has 0 spiro atoms. The number of hydrogen-bond acceptors (Lipinski definition) is 3. The Bertz CT molecular complexity index is 718. The van der Waals surface area contributed by atoms with Crippen LogP contribution < -0.4 is 10.0 Å². The number of hydrogen-bond donors (Lipinski definition) is 2. The topological polar surface area (TPSA) is 58.2 Å². The Balaban J connectivity index is 2.32. The van der Waals surface area contributed by atoms with E-state index in [2.05, 4.69) is 26.0 Å². The van der Waals surface area contributed by atoms with Crippen LogP contribution in [0.4, 0.5) is 15.8 Å². The number of nitrogens with one attached hydrogen (secondary N) is 2. The largest absolute Gasteiger partial charge is 0.388 e. The lowest BCUT2D eigenvalue weighted by Gasteiger charge is -2.10. The molecule has 0 saturated carbocycles. The minimum absolute atomic E-state index is 0.104. The molecule has 2 aromatic carbocycles. The molecule has 2 N–H and O–H groups in total. The second-order valence-corrected chi connectivity index (χ2v) is 6.54. The molecule has 0 saturated heterocycles. The smallest absolute Gasteiger partial charge is 0.261 e. The van der Waals surface area contributed by atoms with Crippen LogP contribution in [-0.4, -0.2) is 15.5 Å². The first-order chi connectivity index (χ1) is 9.42. The predicted molar refractivity (Wildman–Crippen MR) is 80.9 cm³/mol. The second-order valence-electron chi connectivity index (χ2n) is 4.00. The van der Waals surface area contributed by atoms with Gasteiger partial charge in [-0.25, -0.2) is 12.8 Å². The fourth-order valence-corrected chi connectivity index (χ4v) is 3.13. The van der Waals surface area contributed by atoms with E-state index >= 15 is 0 Å². The molecule has 0 heterocycles. The van der Waals surface area contributed by atoms with Crippen LogP contribution in [0.3, 0.4) is 0 Å². The molecule has 0 aliphatic carbocycles. The molecule has 0 fully saturated rings. The van der Waals surface area contributed by atoms with Crippen molar-refractivity contribution in [1.82, 2.24) is 0 Å². The van der Waals surface area contributed by atoms with Crippen molar-refractivity contribution in [3.63, 3.8) is 0 Å². The molecular formula is C13H12BrFN2O2S. The van der Waals surface area contributed by atoms with Crippen molar-refractivity contribution in [1.29, 1.82) is 0 Å². The van der Waals surface area contributed by atoms with Gasteiger partial charge in [0, 0.05) is 17.2 Å². The number of halogens is 2. The fraction of sp³-hybridized carbons (Fsp3) is 0.0769. The van der Waals surface area contributed by atoms with Gasteiger partial charge in [-0.1, -0.05) is 0 Å². The van der Waals surface area contributed by atoms with Gasteiger partial charge in [0.15, 0.2) is 0 Å². The van der Waals surface area contributed by atoms with Gasteiger partial charge in [0.1, 0.15) is 5.82 Å². The average Bonchev–Trinajstić information content (AvgIpc) is 2.43. The molecule has 0 unspecified atom stereocenters. The van der Waals surface area contributed by atoms with Gasteiger partial charge < -0.3 is 5.32 Å². The Morgan fingerprint density at radius 3 is 2.35 bits per heavy atom. The van der Waals surface area contributed by atoms with Crippen LogP contribution in [0.2, 0.25) is 0 Å². The molecule has 0 aliphatic rings. The van der Waals surface area contributed by atoms with Crippen LogP contribution in [0.25, 0.3) is 0 Å². The summed E-state index contributed by atoms with van der Waals surface area (Å²) in [6.07, 6.45) is 0. The molecule has 0 bridgehead atoms. The lowest BCUT2D eigenvalue weighted by atomic mass is 10.3. The summed E-state index contributed by atoms with van der Waals surface area (Å²) in [5.41, 5.74) is 0.957. The molecule has 0 radical (unpaired) electrons. The molecule has 7 heteroatoms. The molecule has 4 nitrogen and oxygen atoms in total. The van der Waals surface area contributed by atoms with Crippen molar-refractivity contribution in [3.8, 4) is 0 Å². The van der Waals surface area contributed by atoms with Gasteiger partial charge in [0.25, 0.3) is 10.0 Å². The summed E-state index contributed by atoms with van der Waals surface area (Å²) in [6.45, 7) is 0. The zero-order valence-corrected chi connectivity index (χ0v) is 12.9. The molecule has 0 atom stereocenters. The lowest BCUT2D eigenvalue weighted by Crippen LogP contribution is -2.13. The third-order valence-corrected chi connectivity index (χ3v) is 4.70. The lowest BCUT2D eigenvalue weighted by molar-refractivity contribution is 0.601. The summed E-state index contributed by atoms with van der Waals surface area (Å²) in [5, 5.41) is 2.90. The molecule has 0 aromatic heterocycles. The molecule has 0 amide bonds. The Morgan fingerprint density at radius 2 is 1.75 bits per heavy atom. The highest BCUT2D eigenvalue weighted by atomic mass is 79.9. The van der Waals surface area contributed by atoms with Crippen molar-refractivity contribution >= 4 is 37.3 Å². The maximum atomic E-state index is 13.2. The summed E-state index contributed by atoms with van der Waals surface area (Å²) in [5.74, 6) is -0.517. The van der Waals surface area contributed by atoms with E-state index in [1.54, 1.807) is 19.2 Å². The highest BCUT2D eigenvalue weighted by molar-refractivity contribution is 9.10. The Morgan fingerprint density at radius 1 is 1.10 bits per heavy atom. The predicted octanol–water partition coefficient (Wildman–Crippen LogP) is 3.43. The van der Waals surface area contributed by atoms with Gasteiger partial charge in [0.2, 0.25) is 0 Å². The normalized spacial score (nSPS) is 11.2. The maximum absolute atomic E-state index is 13.2. The van der Waals surface area contributed by atoms with Gasteiger partial charge in [-0.2, -0.15) is 0 Å². The summed E-state index contributed by atoms with van der Waals surface area (Å²) < 4.78 is 40.4. The van der Waals surface area contributed by atoms with Crippen LogP contribution in [0, 0.1) is 5.82 Å². The fourth-order valence-electron chi connectivity index (χ4n) is 1.58.